The molecule has 0 saturated carbocycles. The Labute approximate surface area is 126 Å². The lowest BCUT2D eigenvalue weighted by atomic mass is 10.1. The van der Waals surface area contributed by atoms with Crippen LogP contribution in [-0.4, -0.2) is 20.2 Å². The van der Waals surface area contributed by atoms with Gasteiger partial charge in [0.25, 0.3) is 0 Å². The van der Waals surface area contributed by atoms with Crippen molar-refractivity contribution in [3.8, 4) is 5.75 Å². The molecule has 2 aromatic carbocycles. The van der Waals surface area contributed by atoms with Crippen LogP contribution in [0.5, 0.6) is 5.75 Å². The number of hydrogen-bond donors (Lipinski definition) is 1. The quantitative estimate of drug-likeness (QED) is 0.916. The Hall–Kier alpha value is -2.00. The first-order valence-electron chi connectivity index (χ1n) is 7.51. The van der Waals surface area contributed by atoms with Crippen LogP contribution < -0.4 is 15.4 Å². The standard InChI is InChI=1S/C18H22N2O/c1-20(17-5-2-15(13-19)3-6-17)10-8-14-4-7-18-16(12-14)9-11-21-18/h2-7,12H,8-11,13,19H2,1H3. The second-order valence-corrected chi connectivity index (χ2v) is 5.58. The van der Waals surface area contributed by atoms with Crippen LogP contribution in [0.1, 0.15) is 16.7 Å². The summed E-state index contributed by atoms with van der Waals surface area (Å²) in [5.41, 5.74) is 10.8. The van der Waals surface area contributed by atoms with E-state index in [9.17, 15) is 0 Å². The van der Waals surface area contributed by atoms with E-state index in [0.29, 0.717) is 6.54 Å². The summed E-state index contributed by atoms with van der Waals surface area (Å²) in [6, 6.07) is 15.0. The monoisotopic (exact) mass is 282 g/mol. The fraction of sp³-hybridized carbons (Fsp3) is 0.333. The number of rotatable bonds is 5. The van der Waals surface area contributed by atoms with Gasteiger partial charge in [-0.05, 0) is 41.3 Å². The van der Waals surface area contributed by atoms with E-state index in [-0.39, 0.29) is 0 Å². The van der Waals surface area contributed by atoms with Crippen LogP contribution in [0.3, 0.4) is 0 Å². The zero-order valence-electron chi connectivity index (χ0n) is 12.5. The van der Waals surface area contributed by atoms with Crippen LogP contribution in [0.25, 0.3) is 0 Å². The fourth-order valence-electron chi connectivity index (χ4n) is 2.71. The largest absolute Gasteiger partial charge is 0.493 e. The van der Waals surface area contributed by atoms with Crippen LogP contribution in [0.2, 0.25) is 0 Å². The Morgan fingerprint density at radius 1 is 1.10 bits per heavy atom. The topological polar surface area (TPSA) is 38.5 Å². The van der Waals surface area contributed by atoms with Crippen LogP contribution in [-0.2, 0) is 19.4 Å². The molecule has 3 rings (SSSR count). The Morgan fingerprint density at radius 2 is 1.86 bits per heavy atom. The minimum Gasteiger partial charge on any atom is -0.493 e. The second-order valence-electron chi connectivity index (χ2n) is 5.58. The van der Waals surface area contributed by atoms with Gasteiger partial charge in [-0.2, -0.15) is 0 Å². The van der Waals surface area contributed by atoms with Gasteiger partial charge in [0.05, 0.1) is 6.61 Å². The molecule has 0 saturated heterocycles. The Balaban J connectivity index is 1.61. The molecule has 2 aromatic rings. The normalized spacial score (nSPS) is 12.9. The summed E-state index contributed by atoms with van der Waals surface area (Å²) < 4.78 is 5.55. The molecule has 0 bridgehead atoms. The maximum absolute atomic E-state index is 5.63. The van der Waals surface area contributed by atoms with Crippen molar-refractivity contribution in [2.45, 2.75) is 19.4 Å². The SMILES string of the molecule is CN(CCc1ccc2c(c1)CCO2)c1ccc(CN)cc1. The third-order valence-electron chi connectivity index (χ3n) is 4.10. The summed E-state index contributed by atoms with van der Waals surface area (Å²) in [7, 11) is 2.13. The molecular weight excluding hydrogens is 260 g/mol. The summed E-state index contributed by atoms with van der Waals surface area (Å²) in [5.74, 6) is 1.06. The van der Waals surface area contributed by atoms with Gasteiger partial charge in [0.15, 0.2) is 0 Å². The van der Waals surface area contributed by atoms with Crippen molar-refractivity contribution >= 4 is 5.69 Å². The molecule has 1 heterocycles. The molecule has 1 aliphatic heterocycles. The summed E-state index contributed by atoms with van der Waals surface area (Å²) >= 11 is 0. The van der Waals surface area contributed by atoms with Gasteiger partial charge in [-0.15, -0.1) is 0 Å². The van der Waals surface area contributed by atoms with E-state index in [1.165, 1.54) is 22.4 Å². The summed E-state index contributed by atoms with van der Waals surface area (Å²) in [4.78, 5) is 2.28. The van der Waals surface area contributed by atoms with Gasteiger partial charge in [0, 0.05) is 32.2 Å². The molecule has 0 atom stereocenters. The lowest BCUT2D eigenvalue weighted by molar-refractivity contribution is 0.357. The van der Waals surface area contributed by atoms with Crippen molar-refractivity contribution in [1.29, 1.82) is 0 Å². The molecule has 0 aliphatic carbocycles. The molecule has 0 spiro atoms. The minimum atomic E-state index is 0.598. The maximum Gasteiger partial charge on any atom is 0.122 e. The second kappa shape index (κ2) is 6.19. The molecule has 3 nitrogen and oxygen atoms in total. The molecule has 21 heavy (non-hydrogen) atoms. The van der Waals surface area contributed by atoms with Gasteiger partial charge in [0.2, 0.25) is 0 Å². The highest BCUT2D eigenvalue weighted by molar-refractivity contribution is 5.47. The minimum absolute atomic E-state index is 0.598. The summed E-state index contributed by atoms with van der Waals surface area (Å²) in [5, 5.41) is 0. The third kappa shape index (κ3) is 3.19. The van der Waals surface area contributed by atoms with Gasteiger partial charge in [0.1, 0.15) is 5.75 Å². The first-order valence-corrected chi connectivity index (χ1v) is 7.51. The third-order valence-corrected chi connectivity index (χ3v) is 4.10. The fourth-order valence-corrected chi connectivity index (χ4v) is 2.71. The van der Waals surface area contributed by atoms with Crippen LogP contribution >= 0.6 is 0 Å². The highest BCUT2D eigenvalue weighted by Crippen LogP contribution is 2.26. The number of fused-ring (bicyclic) bond motifs is 1. The van der Waals surface area contributed by atoms with Crippen LogP contribution in [0.15, 0.2) is 42.5 Å². The molecule has 2 N–H and O–H groups in total. The van der Waals surface area contributed by atoms with Crippen molar-refractivity contribution < 1.29 is 4.74 Å². The highest BCUT2D eigenvalue weighted by Gasteiger charge is 2.12. The number of hydrogen-bond acceptors (Lipinski definition) is 3. The Morgan fingerprint density at radius 3 is 2.62 bits per heavy atom. The van der Waals surface area contributed by atoms with Gasteiger partial charge in [-0.3, -0.25) is 0 Å². The maximum atomic E-state index is 5.63. The average Bonchev–Trinajstić information content (AvgIpc) is 3.00. The van der Waals surface area contributed by atoms with Gasteiger partial charge < -0.3 is 15.4 Å². The van der Waals surface area contributed by atoms with Gasteiger partial charge in [-0.1, -0.05) is 24.3 Å². The van der Waals surface area contributed by atoms with Crippen molar-refractivity contribution in [1.82, 2.24) is 0 Å². The van der Waals surface area contributed by atoms with Crippen molar-refractivity contribution in [3.05, 3.63) is 59.2 Å². The van der Waals surface area contributed by atoms with E-state index in [4.69, 9.17) is 10.5 Å². The van der Waals surface area contributed by atoms with E-state index in [2.05, 4.69) is 54.4 Å². The van der Waals surface area contributed by atoms with E-state index in [1.54, 1.807) is 0 Å². The Bertz CT molecular complexity index is 607. The zero-order valence-corrected chi connectivity index (χ0v) is 12.5. The number of likely N-dealkylation sites (N-methyl/N-ethyl adjacent to an activating group) is 1. The molecule has 0 aromatic heterocycles. The first kappa shape index (κ1) is 14.0. The molecular formula is C18H22N2O. The van der Waals surface area contributed by atoms with Gasteiger partial charge in [-0.25, -0.2) is 0 Å². The van der Waals surface area contributed by atoms with E-state index in [0.717, 1.165) is 31.7 Å². The van der Waals surface area contributed by atoms with E-state index < -0.39 is 0 Å². The number of nitrogens with zero attached hydrogens (tertiary/aromatic N) is 1. The lowest BCUT2D eigenvalue weighted by Gasteiger charge is -2.19. The lowest BCUT2D eigenvalue weighted by Crippen LogP contribution is -2.20. The number of benzene rings is 2. The van der Waals surface area contributed by atoms with Crippen molar-refractivity contribution in [2.75, 3.05) is 25.1 Å². The molecule has 3 heteroatoms. The highest BCUT2D eigenvalue weighted by atomic mass is 16.5. The van der Waals surface area contributed by atoms with Crippen molar-refractivity contribution in [3.63, 3.8) is 0 Å². The van der Waals surface area contributed by atoms with Gasteiger partial charge >= 0.3 is 0 Å². The zero-order chi connectivity index (χ0) is 14.7. The van der Waals surface area contributed by atoms with E-state index in [1.807, 2.05) is 0 Å². The predicted molar refractivity (Wildman–Crippen MR) is 86.9 cm³/mol. The smallest absolute Gasteiger partial charge is 0.122 e. The number of anilines is 1. The number of ether oxygens (including phenoxy) is 1. The summed E-state index contributed by atoms with van der Waals surface area (Å²) in [6.07, 6.45) is 2.09. The van der Waals surface area contributed by atoms with Crippen molar-refractivity contribution in [2.24, 2.45) is 5.73 Å². The predicted octanol–water partition coefficient (Wildman–Crippen LogP) is 2.76. The molecule has 0 radical (unpaired) electrons. The van der Waals surface area contributed by atoms with Crippen LogP contribution in [0.4, 0.5) is 5.69 Å². The summed E-state index contributed by atoms with van der Waals surface area (Å²) in [6.45, 7) is 2.43. The average molecular weight is 282 g/mol. The molecule has 1 aliphatic rings. The molecule has 110 valence electrons. The molecule has 0 unspecified atom stereocenters. The van der Waals surface area contributed by atoms with E-state index >= 15 is 0 Å². The first-order chi connectivity index (χ1) is 10.3. The number of nitrogens with two attached hydrogens (primary N) is 1. The molecule has 0 fully saturated rings. The Kier molecular flexibility index (Phi) is 4.11. The molecule has 0 amide bonds. The van der Waals surface area contributed by atoms with Crippen LogP contribution in [0, 0.1) is 0 Å².